The number of anilines is 1. The summed E-state index contributed by atoms with van der Waals surface area (Å²) in [5.41, 5.74) is -6.76. The first-order valence-corrected chi connectivity index (χ1v) is 19.4. The van der Waals surface area contributed by atoms with Crippen LogP contribution in [0.5, 0.6) is 0 Å². The number of carbonyl (C=O) groups is 1. The van der Waals surface area contributed by atoms with Crippen LogP contribution in [0.2, 0.25) is 0 Å². The summed E-state index contributed by atoms with van der Waals surface area (Å²) in [5, 5.41) is 25.9. The number of aliphatic hydroxyl groups is 2. The molecule has 5 saturated carbocycles. The van der Waals surface area contributed by atoms with Crippen molar-refractivity contribution in [2.24, 2.45) is 29.1 Å². The highest BCUT2D eigenvalue weighted by Gasteiger charge is 2.89. The molecule has 7 bridgehead atoms. The van der Waals surface area contributed by atoms with Crippen molar-refractivity contribution in [3.63, 3.8) is 0 Å². The third-order valence-corrected chi connectivity index (χ3v) is 15.5. The summed E-state index contributed by atoms with van der Waals surface area (Å²) in [7, 11) is 0.0339. The molecule has 15 heteroatoms. The van der Waals surface area contributed by atoms with Crippen LogP contribution < -0.4 is 4.72 Å². The van der Waals surface area contributed by atoms with Crippen LogP contribution in [0.25, 0.3) is 0 Å². The average molecular weight is 751 g/mol. The minimum absolute atomic E-state index is 0.156. The third-order valence-electron chi connectivity index (χ3n) is 14.1. The van der Waals surface area contributed by atoms with Crippen LogP contribution in [0.3, 0.4) is 0 Å². The van der Waals surface area contributed by atoms with Gasteiger partial charge in [-0.05, 0) is 56.5 Å². The number of nitrogens with one attached hydrogen (secondary N) is 1. The largest absolute Gasteiger partial charge is 0.454 e. The van der Waals surface area contributed by atoms with Crippen molar-refractivity contribution in [3.8, 4) is 0 Å². The zero-order valence-corrected chi connectivity index (χ0v) is 30.2. The van der Waals surface area contributed by atoms with Crippen molar-refractivity contribution in [2.75, 3.05) is 39.1 Å². The molecule has 2 aromatic rings. The maximum Gasteiger partial charge on any atom is 0.417 e. The van der Waals surface area contributed by atoms with Crippen LogP contribution in [0, 0.1) is 29.1 Å². The van der Waals surface area contributed by atoms with E-state index in [0.29, 0.717) is 44.8 Å². The van der Waals surface area contributed by atoms with Gasteiger partial charge in [-0.15, -0.1) is 0 Å². The fourth-order valence-electron chi connectivity index (χ4n) is 12.5. The molecule has 1 heterocycles. The van der Waals surface area contributed by atoms with Crippen molar-refractivity contribution in [2.45, 2.75) is 91.3 Å². The van der Waals surface area contributed by atoms with Gasteiger partial charge in [0.15, 0.2) is 0 Å². The smallest absolute Gasteiger partial charge is 0.417 e. The minimum Gasteiger partial charge on any atom is -0.454 e. The Hall–Kier alpha value is -2.79. The van der Waals surface area contributed by atoms with Crippen molar-refractivity contribution in [3.05, 3.63) is 59.7 Å². The molecule has 1 saturated heterocycles. The van der Waals surface area contributed by atoms with Gasteiger partial charge in [-0.1, -0.05) is 31.2 Å². The van der Waals surface area contributed by atoms with Gasteiger partial charge < -0.3 is 29.2 Å². The van der Waals surface area contributed by atoms with E-state index in [9.17, 15) is 36.6 Å². The summed E-state index contributed by atoms with van der Waals surface area (Å²) in [6.45, 7) is 2.92. The second kappa shape index (κ2) is 11.9. The molecule has 11 nitrogen and oxygen atoms in total. The normalized spacial score (nSPS) is 41.9. The number of hydrogen-bond acceptors (Lipinski definition) is 10. The summed E-state index contributed by atoms with van der Waals surface area (Å²) in [5.74, 6) is -2.28. The summed E-state index contributed by atoms with van der Waals surface area (Å²) < 4.78 is 95.5. The van der Waals surface area contributed by atoms with E-state index in [0.717, 1.165) is 12.1 Å². The number of sulfonamides is 1. The summed E-state index contributed by atoms with van der Waals surface area (Å²) in [6, 6.07) is 9.34. The lowest BCUT2D eigenvalue weighted by Gasteiger charge is -2.70. The van der Waals surface area contributed by atoms with E-state index in [1.165, 1.54) is 30.3 Å². The van der Waals surface area contributed by atoms with Gasteiger partial charge in [0.2, 0.25) is 0 Å². The maximum atomic E-state index is 14.4. The number of fused-ring (bicyclic) bond motifs is 2. The lowest BCUT2D eigenvalue weighted by molar-refractivity contribution is -0.337. The van der Waals surface area contributed by atoms with E-state index in [4.69, 9.17) is 18.9 Å². The van der Waals surface area contributed by atoms with Gasteiger partial charge in [0, 0.05) is 69.4 Å². The molecule has 8 rings (SSSR count). The first-order valence-electron chi connectivity index (χ1n) is 17.9. The Bertz CT molecular complexity index is 1880. The van der Waals surface area contributed by atoms with E-state index in [2.05, 4.69) is 9.62 Å². The molecule has 6 fully saturated rings. The van der Waals surface area contributed by atoms with Gasteiger partial charge in [0.25, 0.3) is 10.0 Å². The lowest BCUT2D eigenvalue weighted by atomic mass is 9.44. The molecule has 2 aromatic carbocycles. The number of rotatable bonds is 9. The Kier molecular flexibility index (Phi) is 8.25. The van der Waals surface area contributed by atoms with Gasteiger partial charge >= 0.3 is 12.1 Å². The molecule has 0 aromatic heterocycles. The van der Waals surface area contributed by atoms with Crippen LogP contribution >= 0.6 is 0 Å². The molecule has 0 radical (unpaired) electrons. The first-order chi connectivity index (χ1) is 24.6. The standard InChI is InChI=1S/C37H45F3N2O9S/c1-5-42-19-33(51-32(43)20-10-6-8-12-24(20)41-52(46,47)26-13-9-7-11-22(26)37(38,39)40)15-14-29(49-3)35-27(33)17-23(30(35)42)34(44)18-25(48-2)21-16-28(35)36(34,45)31(21)50-4/h6-13,21,23,25,27-31,41,44-45H,5,14-19H2,1-4H3/t21-,23+,25+,27-,28+,29+,30?,31+,33-,34+,35+,36+/m1/s1. The predicted octanol–water partition coefficient (Wildman–Crippen LogP) is 4.08. The number of likely N-dealkylation sites (N-methyl/N-ethyl adjacent to an activating group) is 1. The van der Waals surface area contributed by atoms with Crippen molar-refractivity contribution in [1.29, 1.82) is 0 Å². The molecule has 3 N–H and O–H groups in total. The molecule has 284 valence electrons. The number of likely N-dealkylation sites (tertiary alicyclic amines) is 1. The molecule has 6 aliphatic rings. The number of nitrogens with zero attached hydrogens (tertiary/aromatic N) is 1. The van der Waals surface area contributed by atoms with Crippen molar-refractivity contribution >= 4 is 21.7 Å². The number of carbonyl (C=O) groups excluding carboxylic acids is 1. The molecule has 5 aliphatic carbocycles. The number of para-hydroxylation sites is 1. The quantitative estimate of drug-likeness (QED) is 0.321. The highest BCUT2D eigenvalue weighted by molar-refractivity contribution is 7.92. The highest BCUT2D eigenvalue weighted by Crippen LogP contribution is 2.79. The Balaban J connectivity index is 1.20. The molecule has 1 unspecified atom stereocenters. The monoisotopic (exact) mass is 750 g/mol. The van der Waals surface area contributed by atoms with E-state index < -0.39 is 72.8 Å². The van der Waals surface area contributed by atoms with E-state index in [-0.39, 0.29) is 47.8 Å². The van der Waals surface area contributed by atoms with Crippen molar-refractivity contribution < 1.29 is 55.5 Å². The first kappa shape index (κ1) is 36.2. The second-order valence-electron chi connectivity index (χ2n) is 15.6. The zero-order chi connectivity index (χ0) is 37.2. The van der Waals surface area contributed by atoms with Gasteiger partial charge in [0.05, 0.1) is 40.0 Å². The Morgan fingerprint density at radius 1 is 1.00 bits per heavy atom. The van der Waals surface area contributed by atoms with Crippen LogP contribution in [-0.4, -0.2) is 105 Å². The third kappa shape index (κ3) is 4.47. The zero-order valence-electron chi connectivity index (χ0n) is 29.4. The Labute approximate surface area is 300 Å². The minimum atomic E-state index is -4.94. The van der Waals surface area contributed by atoms with Gasteiger partial charge in [-0.25, -0.2) is 13.2 Å². The number of halogens is 3. The maximum absolute atomic E-state index is 14.4. The van der Waals surface area contributed by atoms with Gasteiger partial charge in [0.1, 0.15) is 16.8 Å². The lowest BCUT2D eigenvalue weighted by Crippen LogP contribution is -2.83. The summed E-state index contributed by atoms with van der Waals surface area (Å²) >= 11 is 0. The SMILES string of the molecule is CCN1C[C@]2(OC(=O)c3ccccc3NS(=O)(=O)c3ccccc3C(F)(F)F)CC[C@H](OC)[C@]34C1[C@H](C[C@H]23)[C@@]1(O)C[C@H](OC)[C@H]2C[C@@H]4[C@]1(O)[C@H]2OC. The average Bonchev–Trinajstić information content (AvgIpc) is 3.54. The molecular weight excluding hydrogens is 705 g/mol. The number of alkyl halides is 3. The molecule has 1 aliphatic heterocycles. The Morgan fingerprint density at radius 2 is 1.71 bits per heavy atom. The number of benzene rings is 2. The van der Waals surface area contributed by atoms with Gasteiger partial charge in [-0.3, -0.25) is 9.62 Å². The van der Waals surface area contributed by atoms with Crippen LogP contribution in [0.4, 0.5) is 18.9 Å². The number of methoxy groups -OCH3 is 3. The van der Waals surface area contributed by atoms with Crippen LogP contribution in [0.1, 0.15) is 54.9 Å². The molecule has 12 atom stereocenters. The Morgan fingerprint density at radius 3 is 2.38 bits per heavy atom. The van der Waals surface area contributed by atoms with Gasteiger partial charge in [-0.2, -0.15) is 13.2 Å². The molecular formula is C37H45F3N2O9S. The van der Waals surface area contributed by atoms with E-state index in [1.807, 2.05) is 6.92 Å². The predicted molar refractivity (Wildman–Crippen MR) is 180 cm³/mol. The number of piperidine rings is 1. The molecule has 0 amide bonds. The summed E-state index contributed by atoms with van der Waals surface area (Å²) in [4.78, 5) is 15.7. The van der Waals surface area contributed by atoms with E-state index in [1.54, 1.807) is 21.3 Å². The summed E-state index contributed by atoms with van der Waals surface area (Å²) in [6.07, 6.45) is -4.19. The van der Waals surface area contributed by atoms with Crippen LogP contribution in [0.15, 0.2) is 53.4 Å². The number of hydrogen-bond donors (Lipinski definition) is 3. The molecule has 52 heavy (non-hydrogen) atoms. The fraction of sp³-hybridized carbons (Fsp3) is 0.649. The fourth-order valence-corrected chi connectivity index (χ4v) is 13.8. The topological polar surface area (TPSA) is 144 Å². The number of ether oxygens (including phenoxy) is 4. The van der Waals surface area contributed by atoms with E-state index >= 15 is 0 Å². The number of esters is 1. The van der Waals surface area contributed by atoms with Crippen LogP contribution in [-0.2, 0) is 35.1 Å². The molecule has 1 spiro atoms. The highest BCUT2D eigenvalue weighted by atomic mass is 32.2. The second-order valence-corrected chi connectivity index (χ2v) is 17.3. The van der Waals surface area contributed by atoms with Crippen molar-refractivity contribution in [1.82, 2.24) is 4.90 Å².